The van der Waals surface area contributed by atoms with Crippen molar-refractivity contribution in [2.24, 2.45) is 0 Å². The van der Waals surface area contributed by atoms with Gasteiger partial charge in [-0.05, 0) is 30.7 Å². The lowest BCUT2D eigenvalue weighted by Crippen LogP contribution is -2.31. The van der Waals surface area contributed by atoms with Crippen LogP contribution >= 0.6 is 0 Å². The van der Waals surface area contributed by atoms with E-state index in [0.29, 0.717) is 30.0 Å². The summed E-state index contributed by atoms with van der Waals surface area (Å²) in [6.07, 6.45) is 1.54. The Bertz CT molecular complexity index is 966. The highest BCUT2D eigenvalue weighted by molar-refractivity contribution is 5.92. The minimum atomic E-state index is -0.166. The second-order valence-corrected chi connectivity index (χ2v) is 5.85. The Morgan fingerprint density at radius 3 is 2.59 bits per heavy atom. The first-order valence-corrected chi connectivity index (χ1v) is 8.63. The number of amides is 1. The van der Waals surface area contributed by atoms with Crippen molar-refractivity contribution >= 4 is 17.5 Å². The van der Waals surface area contributed by atoms with Crippen LogP contribution in [0.1, 0.15) is 28.5 Å². The van der Waals surface area contributed by atoms with Crippen LogP contribution in [0.5, 0.6) is 0 Å². The Balaban J connectivity index is 1.79. The van der Waals surface area contributed by atoms with Crippen molar-refractivity contribution in [2.75, 3.05) is 11.9 Å². The van der Waals surface area contributed by atoms with E-state index in [2.05, 4.69) is 21.4 Å². The summed E-state index contributed by atoms with van der Waals surface area (Å²) in [7, 11) is 0. The molecule has 0 saturated carbocycles. The number of hydrogen-bond donors (Lipinski definition) is 1. The molecule has 27 heavy (non-hydrogen) atoms. The van der Waals surface area contributed by atoms with E-state index in [0.717, 1.165) is 5.56 Å². The van der Waals surface area contributed by atoms with Crippen LogP contribution in [-0.2, 0) is 6.54 Å². The maximum Gasteiger partial charge on any atom is 0.272 e. The molecule has 0 aliphatic carbocycles. The van der Waals surface area contributed by atoms with Gasteiger partial charge in [-0.2, -0.15) is 5.26 Å². The van der Waals surface area contributed by atoms with Crippen LogP contribution in [0.2, 0.25) is 0 Å². The normalized spacial score (nSPS) is 10.1. The monoisotopic (exact) mass is 357 g/mol. The van der Waals surface area contributed by atoms with Crippen LogP contribution in [-0.4, -0.2) is 27.3 Å². The van der Waals surface area contributed by atoms with Crippen molar-refractivity contribution in [3.05, 3.63) is 83.7 Å². The zero-order chi connectivity index (χ0) is 19.1. The van der Waals surface area contributed by atoms with Gasteiger partial charge in [-0.15, -0.1) is 0 Å². The highest BCUT2D eigenvalue weighted by Crippen LogP contribution is 2.18. The lowest BCUT2D eigenvalue weighted by molar-refractivity contribution is 0.0746. The summed E-state index contributed by atoms with van der Waals surface area (Å²) in [5, 5.41) is 12.2. The molecule has 1 N–H and O–H groups in total. The molecule has 0 saturated heterocycles. The van der Waals surface area contributed by atoms with E-state index in [1.165, 1.54) is 6.20 Å². The Labute approximate surface area is 158 Å². The van der Waals surface area contributed by atoms with Crippen molar-refractivity contribution in [1.29, 1.82) is 5.26 Å². The maximum absolute atomic E-state index is 12.9. The number of nitriles is 1. The van der Waals surface area contributed by atoms with Gasteiger partial charge in [-0.3, -0.25) is 4.79 Å². The van der Waals surface area contributed by atoms with E-state index < -0.39 is 0 Å². The summed E-state index contributed by atoms with van der Waals surface area (Å²) in [6.45, 7) is 3.02. The smallest absolute Gasteiger partial charge is 0.272 e. The minimum Gasteiger partial charge on any atom is -0.333 e. The average Bonchev–Trinajstić information content (AvgIpc) is 2.73. The Hall–Kier alpha value is -3.72. The van der Waals surface area contributed by atoms with E-state index in [1.807, 2.05) is 43.3 Å². The van der Waals surface area contributed by atoms with E-state index in [9.17, 15) is 10.1 Å². The van der Waals surface area contributed by atoms with Gasteiger partial charge in [0.15, 0.2) is 0 Å². The molecule has 1 amide bonds. The predicted molar refractivity (Wildman–Crippen MR) is 103 cm³/mol. The lowest BCUT2D eigenvalue weighted by Gasteiger charge is -2.20. The van der Waals surface area contributed by atoms with Crippen molar-refractivity contribution in [1.82, 2.24) is 14.9 Å². The molecule has 0 aliphatic rings. The largest absolute Gasteiger partial charge is 0.333 e. The van der Waals surface area contributed by atoms with Gasteiger partial charge < -0.3 is 10.2 Å². The fourth-order valence-electron chi connectivity index (χ4n) is 2.64. The quantitative estimate of drug-likeness (QED) is 0.726. The molecule has 6 nitrogen and oxygen atoms in total. The Morgan fingerprint density at radius 1 is 1.11 bits per heavy atom. The van der Waals surface area contributed by atoms with Gasteiger partial charge in [0.2, 0.25) is 5.95 Å². The summed E-state index contributed by atoms with van der Waals surface area (Å²) < 4.78 is 0. The van der Waals surface area contributed by atoms with Gasteiger partial charge in [0.25, 0.3) is 5.91 Å². The molecular weight excluding hydrogens is 338 g/mol. The molecule has 1 heterocycles. The summed E-state index contributed by atoms with van der Waals surface area (Å²) in [5.74, 6) is 0.111. The topological polar surface area (TPSA) is 81.9 Å². The summed E-state index contributed by atoms with van der Waals surface area (Å²) in [6, 6.07) is 20.6. The molecule has 0 radical (unpaired) electrons. The highest BCUT2D eigenvalue weighted by atomic mass is 16.2. The molecular formula is C21H19N5O. The van der Waals surface area contributed by atoms with Crippen LogP contribution in [0.3, 0.4) is 0 Å². The molecule has 0 spiro atoms. The number of carbonyl (C=O) groups excluding carboxylic acids is 1. The molecule has 3 rings (SSSR count). The maximum atomic E-state index is 12.9. The van der Waals surface area contributed by atoms with Crippen molar-refractivity contribution in [2.45, 2.75) is 13.5 Å². The number of hydrogen-bond acceptors (Lipinski definition) is 5. The number of para-hydroxylation sites is 1. The second kappa shape index (κ2) is 8.59. The Morgan fingerprint density at radius 2 is 1.85 bits per heavy atom. The van der Waals surface area contributed by atoms with Crippen LogP contribution < -0.4 is 5.32 Å². The van der Waals surface area contributed by atoms with Crippen molar-refractivity contribution in [3.63, 3.8) is 0 Å². The third-order valence-corrected chi connectivity index (χ3v) is 4.05. The van der Waals surface area contributed by atoms with Gasteiger partial charge in [0, 0.05) is 19.3 Å². The van der Waals surface area contributed by atoms with Gasteiger partial charge in [0.1, 0.15) is 11.8 Å². The molecule has 0 aliphatic heterocycles. The first-order valence-electron chi connectivity index (χ1n) is 8.63. The first kappa shape index (κ1) is 18.1. The molecule has 0 atom stereocenters. The SMILES string of the molecule is CCN(Cc1ccccc1)C(=O)c1ccnc(Nc2ccccc2C#N)n1. The Kier molecular flexibility index (Phi) is 5.75. The van der Waals surface area contributed by atoms with Crippen molar-refractivity contribution in [3.8, 4) is 6.07 Å². The number of aromatic nitrogens is 2. The predicted octanol–water partition coefficient (Wildman–Crippen LogP) is 3.75. The average molecular weight is 357 g/mol. The van der Waals surface area contributed by atoms with Gasteiger partial charge >= 0.3 is 0 Å². The zero-order valence-electron chi connectivity index (χ0n) is 15.0. The summed E-state index contributed by atoms with van der Waals surface area (Å²) in [4.78, 5) is 23.1. The summed E-state index contributed by atoms with van der Waals surface area (Å²) in [5.41, 5.74) is 2.45. The fourth-order valence-corrected chi connectivity index (χ4v) is 2.64. The number of anilines is 2. The number of nitrogens with one attached hydrogen (secondary N) is 1. The van der Waals surface area contributed by atoms with E-state index in [1.54, 1.807) is 29.2 Å². The van der Waals surface area contributed by atoms with Gasteiger partial charge in [0.05, 0.1) is 11.3 Å². The zero-order valence-corrected chi connectivity index (χ0v) is 15.0. The van der Waals surface area contributed by atoms with Crippen LogP contribution in [0.4, 0.5) is 11.6 Å². The highest BCUT2D eigenvalue weighted by Gasteiger charge is 2.17. The standard InChI is InChI=1S/C21H19N5O/c1-2-26(15-16-8-4-3-5-9-16)20(27)19-12-13-23-21(25-19)24-18-11-7-6-10-17(18)14-22/h3-13H,2,15H2,1H3,(H,23,24,25). The van der Waals surface area contributed by atoms with Crippen LogP contribution in [0, 0.1) is 11.3 Å². The van der Waals surface area contributed by atoms with Gasteiger partial charge in [-0.25, -0.2) is 9.97 Å². The number of carbonyl (C=O) groups is 1. The minimum absolute atomic E-state index is 0.166. The van der Waals surface area contributed by atoms with E-state index >= 15 is 0 Å². The molecule has 1 aromatic heterocycles. The number of nitrogens with zero attached hydrogens (tertiary/aromatic N) is 4. The molecule has 6 heteroatoms. The van der Waals surface area contributed by atoms with Crippen molar-refractivity contribution < 1.29 is 4.79 Å². The number of rotatable bonds is 6. The van der Waals surface area contributed by atoms with Crippen LogP contribution in [0.15, 0.2) is 66.9 Å². The van der Waals surface area contributed by atoms with Gasteiger partial charge in [-0.1, -0.05) is 42.5 Å². The fraction of sp³-hybridized carbons (Fsp3) is 0.143. The molecule has 3 aromatic rings. The molecule has 2 aromatic carbocycles. The van der Waals surface area contributed by atoms with Crippen LogP contribution in [0.25, 0.3) is 0 Å². The first-order chi connectivity index (χ1) is 13.2. The third kappa shape index (κ3) is 4.47. The lowest BCUT2D eigenvalue weighted by atomic mass is 10.2. The van der Waals surface area contributed by atoms with E-state index in [-0.39, 0.29) is 11.9 Å². The molecule has 134 valence electrons. The number of benzene rings is 2. The molecule has 0 unspecified atom stereocenters. The van der Waals surface area contributed by atoms with E-state index in [4.69, 9.17) is 0 Å². The molecule has 0 fully saturated rings. The second-order valence-electron chi connectivity index (χ2n) is 5.85. The summed E-state index contributed by atoms with van der Waals surface area (Å²) >= 11 is 0. The molecule has 0 bridgehead atoms. The third-order valence-electron chi connectivity index (χ3n) is 4.05.